The van der Waals surface area contributed by atoms with Crippen LogP contribution in [0.1, 0.15) is 37.6 Å². The van der Waals surface area contributed by atoms with E-state index in [0.717, 1.165) is 22.5 Å². The van der Waals surface area contributed by atoms with E-state index >= 15 is 0 Å². The molecule has 0 aliphatic rings. The molecule has 0 saturated heterocycles. The number of fused-ring (bicyclic) bond motifs is 4. The summed E-state index contributed by atoms with van der Waals surface area (Å²) in [6.07, 6.45) is 14.2. The molecule has 0 unspecified atom stereocenters. The Bertz CT molecular complexity index is 2690. The third-order valence-electron chi connectivity index (χ3n) is 10.0. The molecule has 2 nitrogen and oxygen atoms in total. The van der Waals surface area contributed by atoms with Crippen molar-refractivity contribution in [3.63, 3.8) is 0 Å². The summed E-state index contributed by atoms with van der Waals surface area (Å²) in [6, 6.07) is 50.6. The quantitative estimate of drug-likeness (QED) is 0.133. The SMILES string of the molecule is C=C/C=C\c1c(C)n(-c2ccc(-c3ccccc3)cc2)c2ccc(-c3ccc4c(c3)c3cc(/C(C=C)=C/C=C\C)ccc3n4-c3ccccc3)cc12.CC. The van der Waals surface area contributed by atoms with Crippen molar-refractivity contribution < 1.29 is 0 Å². The molecule has 6 aromatic carbocycles. The lowest BCUT2D eigenvalue weighted by Gasteiger charge is -2.11. The van der Waals surface area contributed by atoms with E-state index in [2.05, 4.69) is 187 Å². The van der Waals surface area contributed by atoms with Crippen molar-refractivity contribution in [2.75, 3.05) is 0 Å². The lowest BCUT2D eigenvalue weighted by molar-refractivity contribution is 1.05. The van der Waals surface area contributed by atoms with E-state index in [9.17, 15) is 0 Å². The molecule has 8 rings (SSSR count). The predicted molar refractivity (Wildman–Crippen MR) is 237 cm³/mol. The Kier molecular flexibility index (Phi) is 10.6. The molecular weight excluding hydrogens is 653 g/mol. The topological polar surface area (TPSA) is 9.86 Å². The van der Waals surface area contributed by atoms with Crippen LogP contribution in [0.25, 0.3) is 78.0 Å². The molecule has 54 heavy (non-hydrogen) atoms. The van der Waals surface area contributed by atoms with Gasteiger partial charge in [0.25, 0.3) is 0 Å². The van der Waals surface area contributed by atoms with Gasteiger partial charge in [-0.15, -0.1) is 0 Å². The number of allylic oxidation sites excluding steroid dienone is 7. The summed E-state index contributed by atoms with van der Waals surface area (Å²) in [6.45, 7) is 16.3. The van der Waals surface area contributed by atoms with E-state index in [0.29, 0.717) is 0 Å². The molecule has 0 fully saturated rings. The summed E-state index contributed by atoms with van der Waals surface area (Å²) < 4.78 is 4.74. The maximum atomic E-state index is 4.11. The smallest absolute Gasteiger partial charge is 0.0541 e. The van der Waals surface area contributed by atoms with E-state index < -0.39 is 0 Å². The van der Waals surface area contributed by atoms with Crippen LogP contribution in [-0.2, 0) is 0 Å². The van der Waals surface area contributed by atoms with Gasteiger partial charge in [0.1, 0.15) is 0 Å². The van der Waals surface area contributed by atoms with E-state index in [4.69, 9.17) is 0 Å². The second-order valence-corrected chi connectivity index (χ2v) is 13.1. The molecule has 0 N–H and O–H groups in total. The first kappa shape index (κ1) is 35.7. The van der Waals surface area contributed by atoms with Gasteiger partial charge >= 0.3 is 0 Å². The third-order valence-corrected chi connectivity index (χ3v) is 10.0. The van der Waals surface area contributed by atoms with Crippen molar-refractivity contribution in [2.24, 2.45) is 0 Å². The average Bonchev–Trinajstić information content (AvgIpc) is 3.71. The molecule has 0 saturated carbocycles. The van der Waals surface area contributed by atoms with Crippen molar-refractivity contribution >= 4 is 44.4 Å². The normalized spacial score (nSPS) is 11.8. The van der Waals surface area contributed by atoms with Gasteiger partial charge in [0.05, 0.1) is 16.6 Å². The minimum absolute atomic E-state index is 1.09. The fourth-order valence-corrected chi connectivity index (χ4v) is 7.48. The van der Waals surface area contributed by atoms with E-state index in [1.165, 1.54) is 66.2 Å². The monoisotopic (exact) mass is 698 g/mol. The number of rotatable bonds is 9. The predicted octanol–water partition coefficient (Wildman–Crippen LogP) is 14.7. The Morgan fingerprint density at radius 1 is 0.537 bits per heavy atom. The standard InChI is InChI=1S/C50H40N2.C2H6/c1-5-8-16-36(7-3)39-24-30-49-46(32-39)47-34-41(26-31-50(47)52(49)42-19-14-11-15-20-42)40-25-29-48-45(33-40)44(21-9-6-2)35(4)51(48)43-27-22-38(23-28-43)37-17-12-10-13-18-37;1-2/h5-34H,2-3H2,1,4H3;1-2H3/b8-5-,21-9-,36-16+;. The molecule has 0 bridgehead atoms. The highest BCUT2D eigenvalue weighted by atomic mass is 15.0. The molecule has 2 heteroatoms. The summed E-state index contributed by atoms with van der Waals surface area (Å²) in [4.78, 5) is 0. The van der Waals surface area contributed by atoms with Crippen LogP contribution >= 0.6 is 0 Å². The first-order valence-electron chi connectivity index (χ1n) is 18.8. The largest absolute Gasteiger partial charge is 0.313 e. The maximum Gasteiger partial charge on any atom is 0.0541 e. The zero-order chi connectivity index (χ0) is 37.6. The first-order chi connectivity index (χ1) is 26.6. The molecule has 0 amide bonds. The number of hydrogen-bond acceptors (Lipinski definition) is 0. The summed E-state index contributed by atoms with van der Waals surface area (Å²) in [5.41, 5.74) is 15.2. The second kappa shape index (κ2) is 15.9. The highest BCUT2D eigenvalue weighted by Gasteiger charge is 2.18. The Hall–Kier alpha value is -6.64. The summed E-state index contributed by atoms with van der Waals surface area (Å²) in [5.74, 6) is 0. The van der Waals surface area contributed by atoms with Gasteiger partial charge in [0, 0.05) is 38.8 Å². The van der Waals surface area contributed by atoms with E-state index in [1.807, 2.05) is 45.1 Å². The van der Waals surface area contributed by atoms with Gasteiger partial charge in [-0.3, -0.25) is 0 Å². The van der Waals surface area contributed by atoms with Gasteiger partial charge in [-0.2, -0.15) is 0 Å². The van der Waals surface area contributed by atoms with Gasteiger partial charge in [0.15, 0.2) is 0 Å². The first-order valence-corrected chi connectivity index (χ1v) is 18.8. The highest BCUT2D eigenvalue weighted by Crippen LogP contribution is 2.39. The van der Waals surface area contributed by atoms with Crippen molar-refractivity contribution in [2.45, 2.75) is 27.7 Å². The van der Waals surface area contributed by atoms with Gasteiger partial charge in [-0.1, -0.05) is 148 Å². The van der Waals surface area contributed by atoms with Crippen LogP contribution in [0.15, 0.2) is 189 Å². The molecule has 264 valence electrons. The molecule has 2 aromatic heterocycles. The molecule has 2 heterocycles. The highest BCUT2D eigenvalue weighted by molar-refractivity contribution is 6.11. The Labute approximate surface area is 319 Å². The zero-order valence-electron chi connectivity index (χ0n) is 31.6. The van der Waals surface area contributed by atoms with E-state index in [1.54, 1.807) is 0 Å². The fourth-order valence-electron chi connectivity index (χ4n) is 7.48. The van der Waals surface area contributed by atoms with Crippen LogP contribution in [0.4, 0.5) is 0 Å². The van der Waals surface area contributed by atoms with Crippen molar-refractivity contribution in [3.05, 3.63) is 206 Å². The maximum absolute atomic E-state index is 4.11. The minimum Gasteiger partial charge on any atom is -0.313 e. The molecule has 0 spiro atoms. The number of hydrogen-bond donors (Lipinski definition) is 0. The third kappa shape index (κ3) is 6.59. The lowest BCUT2D eigenvalue weighted by atomic mass is 9.98. The summed E-state index contributed by atoms with van der Waals surface area (Å²) in [7, 11) is 0. The molecule has 0 aliphatic heterocycles. The van der Waals surface area contributed by atoms with Crippen LogP contribution in [0.5, 0.6) is 0 Å². The van der Waals surface area contributed by atoms with Crippen LogP contribution < -0.4 is 0 Å². The second-order valence-electron chi connectivity index (χ2n) is 13.1. The van der Waals surface area contributed by atoms with Crippen LogP contribution in [0.3, 0.4) is 0 Å². The van der Waals surface area contributed by atoms with Crippen LogP contribution in [-0.4, -0.2) is 9.13 Å². The number of benzene rings is 6. The van der Waals surface area contributed by atoms with Crippen molar-refractivity contribution in [1.82, 2.24) is 9.13 Å². The van der Waals surface area contributed by atoms with Gasteiger partial charge in [-0.25, -0.2) is 0 Å². The molecule has 0 atom stereocenters. The Balaban J connectivity index is 0.00000221. The number of nitrogens with zero attached hydrogens (tertiary/aromatic N) is 2. The van der Waals surface area contributed by atoms with Gasteiger partial charge in [-0.05, 0) is 108 Å². The van der Waals surface area contributed by atoms with Crippen LogP contribution in [0.2, 0.25) is 0 Å². The molecule has 8 aromatic rings. The van der Waals surface area contributed by atoms with Crippen molar-refractivity contribution in [3.8, 4) is 33.6 Å². The zero-order valence-corrected chi connectivity index (χ0v) is 31.6. The average molecular weight is 699 g/mol. The summed E-state index contributed by atoms with van der Waals surface area (Å²) >= 11 is 0. The van der Waals surface area contributed by atoms with Gasteiger partial charge in [0.2, 0.25) is 0 Å². The molecular formula is C52H46N2. The Morgan fingerprint density at radius 3 is 1.70 bits per heavy atom. The van der Waals surface area contributed by atoms with E-state index in [-0.39, 0.29) is 0 Å². The summed E-state index contributed by atoms with van der Waals surface area (Å²) in [5, 5.41) is 3.63. The van der Waals surface area contributed by atoms with Crippen molar-refractivity contribution in [1.29, 1.82) is 0 Å². The number of para-hydroxylation sites is 1. The lowest BCUT2D eigenvalue weighted by Crippen LogP contribution is -1.96. The Morgan fingerprint density at radius 2 is 1.07 bits per heavy atom. The number of aromatic nitrogens is 2. The fraction of sp³-hybridized carbons (Fsp3) is 0.0769. The minimum atomic E-state index is 1.09. The molecule has 0 radical (unpaired) electrons. The van der Waals surface area contributed by atoms with Crippen LogP contribution in [0, 0.1) is 6.92 Å². The van der Waals surface area contributed by atoms with Gasteiger partial charge < -0.3 is 9.13 Å². The molecule has 0 aliphatic carbocycles.